The summed E-state index contributed by atoms with van der Waals surface area (Å²) in [7, 11) is -8.79. The standard InChI is InChI=1S/C35H26N7O7S2.C6H15N.Zn/c1-6-7-8-14-21-49-34(44)25-17-12-13-18-28(25)51(47,48)41-33(43)26-22-24(50(5,45)46)19-20-27(26)36-37-29-30(35(2,3)4)40-42-31(38-39-32(29)42)23-15-10-9-11-16-23;1-4-7(5-2)6-3;/h1,9-13,15-20,22H,2-5H3,(H-,36,39,40,41,43);4-6H2,1-3H3;/q-1;;/p-1. The first-order chi connectivity index (χ1) is 27.5. The minimum atomic E-state index is -4.91. The normalized spacial score (nSPS) is 12.5. The van der Waals surface area contributed by atoms with E-state index in [2.05, 4.69) is 68.9 Å². The molecule has 0 fully saturated rings. The molecule has 18 heteroatoms. The molecule has 0 N–H and O–H groups in total. The van der Waals surface area contributed by atoms with E-state index >= 15 is 0 Å². The first-order valence-corrected chi connectivity index (χ1v) is 21.0. The number of esters is 1. The van der Waals surface area contributed by atoms with E-state index in [0.717, 1.165) is 30.0 Å². The third-order valence-electron chi connectivity index (χ3n) is 8.23. The molecular weight excluding hydrogens is 846 g/mol. The van der Waals surface area contributed by atoms with E-state index in [0.29, 0.717) is 11.5 Å². The van der Waals surface area contributed by atoms with E-state index < -0.39 is 53.2 Å². The molecule has 0 atom stereocenters. The van der Waals surface area contributed by atoms with Crippen LogP contribution in [0.4, 0.5) is 5.69 Å². The summed E-state index contributed by atoms with van der Waals surface area (Å²) >= 11 is 0. The van der Waals surface area contributed by atoms with Crippen molar-refractivity contribution >= 4 is 48.8 Å². The largest absolute Gasteiger partial charge is 0.574 e. The van der Waals surface area contributed by atoms with Crippen molar-refractivity contribution < 1.29 is 50.6 Å². The van der Waals surface area contributed by atoms with E-state index in [1.807, 2.05) is 63.1 Å². The molecule has 5 rings (SSSR count). The Kier molecular flexibility index (Phi) is 16.6. The Balaban J connectivity index is 0.00000107. The van der Waals surface area contributed by atoms with Gasteiger partial charge in [0.25, 0.3) is 0 Å². The number of rotatable bonds is 11. The van der Waals surface area contributed by atoms with E-state index in [-0.39, 0.29) is 41.6 Å². The Bertz CT molecular complexity index is 2650. The van der Waals surface area contributed by atoms with Gasteiger partial charge in [-0.1, -0.05) is 90.1 Å². The summed E-state index contributed by atoms with van der Waals surface area (Å²) in [6.07, 6.45) is 7.90. The summed E-state index contributed by atoms with van der Waals surface area (Å²) in [6.45, 7) is 15.8. The van der Waals surface area contributed by atoms with Crippen LogP contribution in [-0.2, 0) is 44.1 Å². The van der Waals surface area contributed by atoms with Crippen LogP contribution in [-0.4, -0.2) is 85.8 Å². The maximum atomic E-state index is 13.6. The van der Waals surface area contributed by atoms with Crippen molar-refractivity contribution in [3.8, 4) is 47.6 Å². The third kappa shape index (κ3) is 12.0. The van der Waals surface area contributed by atoms with Gasteiger partial charge >= 0.3 is 5.97 Å². The maximum absolute atomic E-state index is 13.6. The summed E-state index contributed by atoms with van der Waals surface area (Å²) in [4.78, 5) is 27.6. The Morgan fingerprint density at radius 3 is 2.08 bits per heavy atom. The molecule has 0 spiro atoms. The molecule has 0 aliphatic carbocycles. The molecule has 302 valence electrons. The van der Waals surface area contributed by atoms with Crippen molar-refractivity contribution in [1.82, 2.24) is 19.8 Å². The molecule has 1 amide bonds. The number of ether oxygens (including phenoxy) is 1. The van der Waals surface area contributed by atoms with Gasteiger partial charge in [0, 0.05) is 48.6 Å². The number of carbonyl (C=O) groups excluding carboxylic acids is 2. The maximum Gasteiger partial charge on any atom is 0.353 e. The van der Waals surface area contributed by atoms with Crippen molar-refractivity contribution in [3.05, 3.63) is 99.9 Å². The SMILES string of the molecule is C#CC#CC#COC(=O)c1ccccc1S(=O)(=O)[N-]C(=O)c1cc(S(C)(=O)=O)ccc1[N-]/N=C1/C(C(C)(C)C)=Nn2c1nnc2-c1ccccc1.CCN(CC)CC.[Zn]. The first kappa shape index (κ1) is 47.4. The van der Waals surface area contributed by atoms with Crippen LogP contribution in [0.3, 0.4) is 0 Å². The summed E-state index contributed by atoms with van der Waals surface area (Å²) in [5, 5.41) is 17.6. The molecule has 1 aliphatic heterocycles. The predicted molar refractivity (Wildman–Crippen MR) is 221 cm³/mol. The topological polar surface area (TPSA) is 199 Å². The first-order valence-electron chi connectivity index (χ1n) is 17.7. The molecule has 0 unspecified atom stereocenters. The minimum absolute atomic E-state index is 0. The van der Waals surface area contributed by atoms with Crippen LogP contribution >= 0.6 is 0 Å². The second-order valence-electron chi connectivity index (χ2n) is 13.2. The molecule has 2 heterocycles. The number of fused-ring (bicyclic) bond motifs is 1. The number of terminal acetylenes is 1. The van der Waals surface area contributed by atoms with E-state index in [1.54, 1.807) is 0 Å². The average Bonchev–Trinajstić information content (AvgIpc) is 3.78. The van der Waals surface area contributed by atoms with Crippen LogP contribution in [0.5, 0.6) is 0 Å². The summed E-state index contributed by atoms with van der Waals surface area (Å²) < 4.78 is 61.4. The molecule has 15 nitrogen and oxygen atoms in total. The predicted octanol–water partition coefficient (Wildman–Crippen LogP) is 6.02. The number of nitrogens with zero attached hydrogens (tertiary/aromatic N) is 8. The summed E-state index contributed by atoms with van der Waals surface area (Å²) in [5.74, 6) is 6.74. The minimum Gasteiger partial charge on any atom is -0.574 e. The van der Waals surface area contributed by atoms with Gasteiger partial charge in [-0.3, -0.25) is 0 Å². The van der Waals surface area contributed by atoms with Gasteiger partial charge in [-0.25, -0.2) is 21.6 Å². The van der Waals surface area contributed by atoms with Crippen molar-refractivity contribution in [1.29, 1.82) is 0 Å². The molecule has 1 aliphatic rings. The Labute approximate surface area is 357 Å². The van der Waals surface area contributed by atoms with Crippen LogP contribution < -0.4 is 0 Å². The zero-order valence-corrected chi connectivity index (χ0v) is 38.2. The number of hydrogen-bond donors (Lipinski definition) is 0. The van der Waals surface area contributed by atoms with E-state index in [9.17, 15) is 26.4 Å². The number of hydrogen-bond acceptors (Lipinski definition) is 12. The fourth-order valence-electron chi connectivity index (χ4n) is 5.21. The van der Waals surface area contributed by atoms with Gasteiger partial charge in [0.05, 0.1) is 27.0 Å². The number of sulfone groups is 1. The molecule has 0 bridgehead atoms. The zero-order valence-electron chi connectivity index (χ0n) is 33.6. The number of sulfonamides is 1. The van der Waals surface area contributed by atoms with Gasteiger partial charge in [0.1, 0.15) is 21.8 Å². The van der Waals surface area contributed by atoms with Gasteiger partial charge in [0.15, 0.2) is 15.7 Å². The number of carbonyl (C=O) groups is 2. The van der Waals surface area contributed by atoms with Crippen molar-refractivity contribution in [2.75, 3.05) is 25.9 Å². The Morgan fingerprint density at radius 2 is 1.49 bits per heavy atom. The molecule has 1 aromatic heterocycles. The van der Waals surface area contributed by atoms with Gasteiger partial charge < -0.3 is 29.7 Å². The fourth-order valence-corrected chi connectivity index (χ4v) is 6.95. The number of amides is 1. The van der Waals surface area contributed by atoms with Gasteiger partial charge in [-0.2, -0.15) is 9.78 Å². The van der Waals surface area contributed by atoms with Gasteiger partial charge in [-0.15, -0.1) is 22.3 Å². The third-order valence-corrected chi connectivity index (χ3v) is 10.7. The molecule has 59 heavy (non-hydrogen) atoms. The van der Waals surface area contributed by atoms with Crippen LogP contribution in [0.2, 0.25) is 0 Å². The van der Waals surface area contributed by atoms with Crippen LogP contribution in [0.25, 0.3) is 21.5 Å². The average molecular weight is 886 g/mol. The molecule has 0 radical (unpaired) electrons. The van der Waals surface area contributed by atoms with Crippen LogP contribution in [0.1, 0.15) is 68.1 Å². The molecule has 0 saturated carbocycles. The van der Waals surface area contributed by atoms with Crippen LogP contribution in [0, 0.1) is 41.6 Å². The van der Waals surface area contributed by atoms with E-state index in [4.69, 9.17) is 16.3 Å². The molecule has 4 aromatic rings. The number of aromatic nitrogens is 3. The van der Waals surface area contributed by atoms with Crippen molar-refractivity contribution in [2.45, 2.75) is 51.3 Å². The fraction of sp³-hybridized carbons (Fsp3) is 0.268. The number of benzene rings is 3. The van der Waals surface area contributed by atoms with E-state index in [1.165, 1.54) is 48.6 Å². The molecule has 0 saturated heterocycles. The summed E-state index contributed by atoms with van der Waals surface area (Å²) in [6, 6.07) is 17.3. The summed E-state index contributed by atoms with van der Waals surface area (Å²) in [5.41, 5.74) is 3.89. The molecule has 3 aromatic carbocycles. The quantitative estimate of drug-likeness (QED) is 0.0743. The van der Waals surface area contributed by atoms with Crippen LogP contribution in [0.15, 0.2) is 92.8 Å². The van der Waals surface area contributed by atoms with Gasteiger partial charge in [0.2, 0.25) is 5.82 Å². The second kappa shape index (κ2) is 20.6. The second-order valence-corrected chi connectivity index (χ2v) is 16.8. The molecular formula is C41H40N8O7S2Zn-2. The smallest absolute Gasteiger partial charge is 0.353 e. The van der Waals surface area contributed by atoms with Gasteiger partial charge in [-0.05, 0) is 61.3 Å². The Hall–Kier alpha value is -5.96. The van der Waals surface area contributed by atoms with Crippen molar-refractivity contribution in [2.24, 2.45) is 15.6 Å². The Morgan fingerprint density at radius 1 is 0.864 bits per heavy atom. The van der Waals surface area contributed by atoms with Crippen molar-refractivity contribution in [3.63, 3.8) is 0 Å². The monoisotopic (exact) mass is 884 g/mol. The zero-order chi connectivity index (χ0) is 42.7.